The van der Waals surface area contributed by atoms with Crippen molar-refractivity contribution in [2.24, 2.45) is 5.92 Å². The van der Waals surface area contributed by atoms with Gasteiger partial charge in [0.15, 0.2) is 0 Å². The minimum Gasteiger partial charge on any atom is -0.393 e. The highest BCUT2D eigenvalue weighted by atomic mass is 35.5. The normalized spacial score (nSPS) is 21.2. The van der Waals surface area contributed by atoms with E-state index in [9.17, 15) is 20.0 Å². The van der Waals surface area contributed by atoms with Gasteiger partial charge < -0.3 is 15.7 Å². The van der Waals surface area contributed by atoms with E-state index in [1.807, 2.05) is 0 Å². The molecule has 1 aliphatic carbocycles. The summed E-state index contributed by atoms with van der Waals surface area (Å²) >= 11 is 5.91. The van der Waals surface area contributed by atoms with Crippen molar-refractivity contribution in [2.45, 2.75) is 31.8 Å². The molecule has 1 saturated carbocycles. The van der Waals surface area contributed by atoms with Gasteiger partial charge in [-0.25, -0.2) is 4.79 Å². The van der Waals surface area contributed by atoms with Gasteiger partial charge in [0.05, 0.1) is 21.7 Å². The summed E-state index contributed by atoms with van der Waals surface area (Å²) in [7, 11) is 0. The van der Waals surface area contributed by atoms with Crippen LogP contribution < -0.4 is 10.6 Å². The van der Waals surface area contributed by atoms with Crippen molar-refractivity contribution in [3.63, 3.8) is 0 Å². The maximum atomic E-state index is 11.9. The van der Waals surface area contributed by atoms with E-state index in [1.54, 1.807) is 0 Å². The van der Waals surface area contributed by atoms with Gasteiger partial charge in [-0.05, 0) is 18.9 Å². The zero-order valence-electron chi connectivity index (χ0n) is 11.9. The Morgan fingerprint density at radius 2 is 2.14 bits per heavy atom. The fourth-order valence-corrected chi connectivity index (χ4v) is 2.70. The number of nitrogens with zero attached hydrogens (tertiary/aromatic N) is 1. The van der Waals surface area contributed by atoms with Crippen LogP contribution in [0, 0.1) is 16.0 Å². The number of amides is 2. The van der Waals surface area contributed by atoms with Gasteiger partial charge in [0.25, 0.3) is 5.69 Å². The third-order valence-corrected chi connectivity index (χ3v) is 4.13. The number of hydrogen-bond donors (Lipinski definition) is 3. The number of anilines is 1. The fourth-order valence-electron chi connectivity index (χ4n) is 2.54. The highest BCUT2D eigenvalue weighted by Gasteiger charge is 2.23. The van der Waals surface area contributed by atoms with Crippen LogP contribution in [0.25, 0.3) is 0 Å². The zero-order valence-corrected chi connectivity index (χ0v) is 12.7. The Hall–Kier alpha value is -1.86. The Morgan fingerprint density at radius 3 is 2.82 bits per heavy atom. The lowest BCUT2D eigenvalue weighted by atomic mass is 9.86. The summed E-state index contributed by atoms with van der Waals surface area (Å²) in [4.78, 5) is 22.0. The molecule has 0 radical (unpaired) electrons. The number of rotatable bonds is 4. The first kappa shape index (κ1) is 16.5. The molecule has 0 aromatic heterocycles. The predicted molar refractivity (Wildman–Crippen MR) is 83.1 cm³/mol. The molecule has 0 unspecified atom stereocenters. The highest BCUT2D eigenvalue weighted by Crippen LogP contribution is 2.27. The number of nitro groups is 1. The predicted octanol–water partition coefficient (Wildman–Crippen LogP) is 2.92. The first-order valence-corrected chi connectivity index (χ1v) is 7.52. The number of benzene rings is 1. The highest BCUT2D eigenvalue weighted by molar-refractivity contribution is 6.33. The number of aliphatic hydroxyl groups is 1. The number of aliphatic hydroxyl groups excluding tert-OH is 1. The van der Waals surface area contributed by atoms with Crippen LogP contribution in [0.4, 0.5) is 16.2 Å². The summed E-state index contributed by atoms with van der Waals surface area (Å²) in [5, 5.41) is 26.0. The molecular weight excluding hydrogens is 310 g/mol. The number of nitro benzene ring substituents is 1. The summed E-state index contributed by atoms with van der Waals surface area (Å²) in [6, 6.07) is 3.33. The molecule has 1 fully saturated rings. The van der Waals surface area contributed by atoms with Gasteiger partial charge in [0.1, 0.15) is 0 Å². The second-order valence-corrected chi connectivity index (χ2v) is 5.78. The topological polar surface area (TPSA) is 104 Å². The molecule has 2 rings (SSSR count). The Kier molecular flexibility index (Phi) is 5.57. The molecule has 8 heteroatoms. The maximum Gasteiger partial charge on any atom is 0.319 e. The summed E-state index contributed by atoms with van der Waals surface area (Å²) < 4.78 is 0. The Morgan fingerprint density at radius 1 is 1.41 bits per heavy atom. The van der Waals surface area contributed by atoms with Crippen LogP contribution >= 0.6 is 11.6 Å². The van der Waals surface area contributed by atoms with Crippen LogP contribution in [-0.4, -0.2) is 28.7 Å². The average molecular weight is 328 g/mol. The zero-order chi connectivity index (χ0) is 16.1. The molecule has 1 aliphatic rings. The minimum absolute atomic E-state index is 0.0417. The molecule has 2 amide bonds. The summed E-state index contributed by atoms with van der Waals surface area (Å²) in [6.07, 6.45) is 3.29. The Bertz CT molecular complexity index is 567. The van der Waals surface area contributed by atoms with Crippen molar-refractivity contribution in [3.8, 4) is 0 Å². The first-order chi connectivity index (χ1) is 10.5. The second-order valence-electron chi connectivity index (χ2n) is 5.37. The second kappa shape index (κ2) is 7.42. The SMILES string of the molecule is O=C(NC[C@@H]1CCCC[C@H]1O)Nc1cc([N+](=O)[O-])ccc1Cl. The molecule has 3 N–H and O–H groups in total. The molecule has 0 spiro atoms. The van der Waals surface area contributed by atoms with Crippen molar-refractivity contribution in [2.75, 3.05) is 11.9 Å². The molecule has 0 saturated heterocycles. The number of urea groups is 1. The summed E-state index contributed by atoms with van der Waals surface area (Å²) in [6.45, 7) is 0.361. The van der Waals surface area contributed by atoms with E-state index in [-0.39, 0.29) is 22.3 Å². The molecule has 0 heterocycles. The van der Waals surface area contributed by atoms with Crippen molar-refractivity contribution in [1.29, 1.82) is 0 Å². The van der Waals surface area contributed by atoms with Gasteiger partial charge in [0.2, 0.25) is 0 Å². The van der Waals surface area contributed by atoms with E-state index in [0.29, 0.717) is 6.54 Å². The van der Waals surface area contributed by atoms with Crippen LogP contribution in [-0.2, 0) is 0 Å². The molecular formula is C14H18ClN3O4. The Balaban J connectivity index is 1.91. The van der Waals surface area contributed by atoms with Gasteiger partial charge in [-0.2, -0.15) is 0 Å². The maximum absolute atomic E-state index is 11.9. The molecule has 120 valence electrons. The van der Waals surface area contributed by atoms with Gasteiger partial charge in [-0.15, -0.1) is 0 Å². The van der Waals surface area contributed by atoms with E-state index in [0.717, 1.165) is 25.7 Å². The molecule has 0 aliphatic heterocycles. The van der Waals surface area contributed by atoms with Gasteiger partial charge in [0, 0.05) is 24.6 Å². The first-order valence-electron chi connectivity index (χ1n) is 7.14. The fraction of sp³-hybridized carbons (Fsp3) is 0.500. The van der Waals surface area contributed by atoms with Crippen LogP contribution in [0.3, 0.4) is 0 Å². The molecule has 1 aromatic carbocycles. The van der Waals surface area contributed by atoms with Crippen molar-refractivity contribution in [1.82, 2.24) is 5.32 Å². The van der Waals surface area contributed by atoms with E-state index < -0.39 is 17.1 Å². The summed E-state index contributed by atoms with van der Waals surface area (Å²) in [5.74, 6) is 0.0417. The summed E-state index contributed by atoms with van der Waals surface area (Å²) in [5.41, 5.74) is 0.0277. The smallest absolute Gasteiger partial charge is 0.319 e. The quantitative estimate of drug-likeness (QED) is 0.584. The lowest BCUT2D eigenvalue weighted by Crippen LogP contribution is -2.38. The van der Waals surface area contributed by atoms with Crippen molar-refractivity contribution < 1.29 is 14.8 Å². The lowest BCUT2D eigenvalue weighted by Gasteiger charge is -2.27. The van der Waals surface area contributed by atoms with E-state index in [4.69, 9.17) is 11.6 Å². The van der Waals surface area contributed by atoms with Crippen molar-refractivity contribution in [3.05, 3.63) is 33.3 Å². The number of halogens is 1. The third kappa shape index (κ3) is 4.32. The minimum atomic E-state index is -0.558. The Labute approximate surface area is 132 Å². The number of carbonyl (C=O) groups excluding carboxylic acids is 1. The van der Waals surface area contributed by atoms with Crippen LogP contribution in [0.1, 0.15) is 25.7 Å². The molecule has 7 nitrogen and oxygen atoms in total. The van der Waals surface area contributed by atoms with E-state index in [1.165, 1.54) is 18.2 Å². The van der Waals surface area contributed by atoms with E-state index in [2.05, 4.69) is 10.6 Å². The van der Waals surface area contributed by atoms with Gasteiger partial charge in [-0.3, -0.25) is 10.1 Å². The van der Waals surface area contributed by atoms with Crippen LogP contribution in [0.15, 0.2) is 18.2 Å². The molecule has 2 atom stereocenters. The number of non-ortho nitro benzene ring substituents is 1. The van der Waals surface area contributed by atoms with Crippen LogP contribution in [0.2, 0.25) is 5.02 Å². The van der Waals surface area contributed by atoms with Gasteiger partial charge >= 0.3 is 6.03 Å². The largest absolute Gasteiger partial charge is 0.393 e. The lowest BCUT2D eigenvalue weighted by molar-refractivity contribution is -0.384. The number of carbonyl (C=O) groups is 1. The number of hydrogen-bond acceptors (Lipinski definition) is 4. The average Bonchev–Trinajstić information content (AvgIpc) is 2.48. The van der Waals surface area contributed by atoms with Gasteiger partial charge in [-0.1, -0.05) is 24.4 Å². The third-order valence-electron chi connectivity index (χ3n) is 3.80. The van der Waals surface area contributed by atoms with Crippen LogP contribution in [0.5, 0.6) is 0 Å². The monoisotopic (exact) mass is 327 g/mol. The van der Waals surface area contributed by atoms with E-state index >= 15 is 0 Å². The standard InChI is InChI=1S/C14H18ClN3O4/c15-11-6-5-10(18(21)22)7-12(11)17-14(20)16-8-9-3-1-2-4-13(9)19/h5-7,9,13,19H,1-4,8H2,(H2,16,17,20)/t9-,13+/m0/s1. The van der Waals surface area contributed by atoms with Crippen molar-refractivity contribution >= 4 is 29.0 Å². The molecule has 1 aromatic rings. The number of nitrogens with one attached hydrogen (secondary N) is 2. The molecule has 22 heavy (non-hydrogen) atoms. The molecule has 0 bridgehead atoms.